The van der Waals surface area contributed by atoms with Crippen molar-refractivity contribution in [2.75, 3.05) is 6.54 Å². The monoisotopic (exact) mass is 460 g/mol. The first-order chi connectivity index (χ1) is 15.7. The quantitative estimate of drug-likeness (QED) is 0.390. The highest BCUT2D eigenvalue weighted by molar-refractivity contribution is 5.90. The first kappa shape index (κ1) is 24.5. The third-order valence-corrected chi connectivity index (χ3v) is 5.98. The van der Waals surface area contributed by atoms with E-state index in [0.29, 0.717) is 25.8 Å². The minimum atomic E-state index is -1.22. The molecule has 2 heterocycles. The molecule has 4 N–H and O–H groups in total. The summed E-state index contributed by atoms with van der Waals surface area (Å²) in [6.07, 6.45) is 5.52. The van der Waals surface area contributed by atoms with Crippen molar-refractivity contribution in [2.24, 2.45) is 11.8 Å². The molecule has 2 aliphatic rings. The Kier molecular flexibility index (Phi) is 7.88. The smallest absolute Gasteiger partial charge is 0.408 e. The van der Waals surface area contributed by atoms with Crippen molar-refractivity contribution in [3.8, 4) is 0 Å². The van der Waals surface area contributed by atoms with E-state index in [2.05, 4.69) is 20.9 Å². The Hall–Kier alpha value is -3.17. The lowest BCUT2D eigenvalue weighted by atomic mass is 9.97. The van der Waals surface area contributed by atoms with Crippen LogP contribution in [0.2, 0.25) is 0 Å². The number of aromatic nitrogens is 1. The zero-order valence-electron chi connectivity index (χ0n) is 19.0. The van der Waals surface area contributed by atoms with Crippen LogP contribution >= 0.6 is 0 Å². The Morgan fingerprint density at radius 1 is 1.27 bits per heavy atom. The zero-order chi connectivity index (χ0) is 24.0. The highest BCUT2D eigenvalue weighted by Crippen LogP contribution is 2.42. The molecule has 1 aliphatic heterocycles. The van der Waals surface area contributed by atoms with Gasteiger partial charge in [-0.3, -0.25) is 14.6 Å². The van der Waals surface area contributed by atoms with Crippen molar-refractivity contribution in [3.05, 3.63) is 30.1 Å². The van der Waals surface area contributed by atoms with Gasteiger partial charge in [-0.05, 0) is 49.7 Å². The third kappa shape index (κ3) is 7.16. The fraction of sp³-hybridized carbons (Fsp3) is 0.609. The summed E-state index contributed by atoms with van der Waals surface area (Å²) in [5.41, 5.74) is 0.352. The van der Waals surface area contributed by atoms with Gasteiger partial charge in [-0.25, -0.2) is 9.59 Å². The number of nitrogens with one attached hydrogen (secondary N) is 3. The van der Waals surface area contributed by atoms with Crippen LogP contribution in [0, 0.1) is 11.8 Å². The van der Waals surface area contributed by atoms with Crippen LogP contribution in [-0.4, -0.2) is 58.2 Å². The molecule has 3 amide bonds. The molecule has 10 heteroatoms. The molecule has 3 atom stereocenters. The topological polar surface area (TPSA) is 147 Å². The van der Waals surface area contributed by atoms with Crippen molar-refractivity contribution >= 4 is 23.9 Å². The Bertz CT molecular complexity index is 871. The predicted octanol–water partition coefficient (Wildman–Crippen LogP) is 1.39. The number of nitrogens with zero attached hydrogens (tertiary/aromatic N) is 1. The average Bonchev–Trinajstić information content (AvgIpc) is 3.37. The fourth-order valence-electron chi connectivity index (χ4n) is 4.05. The van der Waals surface area contributed by atoms with E-state index in [-0.39, 0.29) is 18.2 Å². The zero-order valence-corrected chi connectivity index (χ0v) is 19.0. The van der Waals surface area contributed by atoms with E-state index >= 15 is 0 Å². The Morgan fingerprint density at radius 2 is 2.03 bits per heavy atom. The van der Waals surface area contributed by atoms with E-state index in [1.165, 1.54) is 0 Å². The van der Waals surface area contributed by atoms with E-state index in [9.17, 15) is 24.3 Å². The molecule has 2 fully saturated rings. The number of hydrogen-bond acceptors (Lipinski definition) is 6. The van der Waals surface area contributed by atoms with Gasteiger partial charge in [-0.2, -0.15) is 0 Å². The maximum absolute atomic E-state index is 12.9. The fourth-order valence-corrected chi connectivity index (χ4v) is 4.05. The summed E-state index contributed by atoms with van der Waals surface area (Å²) in [7, 11) is 0. The molecule has 180 valence electrons. The summed E-state index contributed by atoms with van der Waals surface area (Å²) in [6, 6.07) is 1.56. The molecule has 1 saturated carbocycles. The number of alkyl carbamates (subject to hydrolysis) is 1. The number of carbonyl (C=O) groups is 4. The summed E-state index contributed by atoms with van der Waals surface area (Å²) in [5, 5.41) is 17.3. The molecule has 2 unspecified atom stereocenters. The molecule has 1 saturated heterocycles. The van der Waals surface area contributed by atoms with Crippen LogP contribution in [0.1, 0.15) is 51.5 Å². The second-order valence-corrected chi connectivity index (χ2v) is 9.35. The van der Waals surface area contributed by atoms with Crippen LogP contribution in [-0.2, 0) is 25.5 Å². The van der Waals surface area contributed by atoms with Crippen molar-refractivity contribution < 1.29 is 29.0 Å². The van der Waals surface area contributed by atoms with Gasteiger partial charge in [0.05, 0.1) is 0 Å². The van der Waals surface area contributed by atoms with Gasteiger partial charge in [0.2, 0.25) is 11.8 Å². The van der Waals surface area contributed by atoms with E-state index in [4.69, 9.17) is 4.74 Å². The predicted molar refractivity (Wildman–Crippen MR) is 118 cm³/mol. The van der Waals surface area contributed by atoms with Gasteiger partial charge in [0.15, 0.2) is 0 Å². The highest BCUT2D eigenvalue weighted by Gasteiger charge is 2.47. The maximum atomic E-state index is 12.9. The first-order valence-electron chi connectivity index (χ1n) is 11.4. The molecule has 0 aromatic carbocycles. The minimum absolute atomic E-state index is 0.0000259. The second kappa shape index (κ2) is 10.6. The standard InChI is InChI=1S/C23H32N4O6/c1-14(2)10-17(20(29)26-18(21(30)31)11-16-5-9-25-19(16)28)27-22(32)33-23(6-7-23)12-15-4-3-8-24-13-15/h3-4,8,13-14,16-18H,5-7,9-12H2,1-2H3,(H,25,28)(H,26,29)(H,27,32)(H,30,31)/t16-,17?,18?/m0/s1. The molecule has 0 radical (unpaired) electrons. The molecule has 3 rings (SSSR count). The summed E-state index contributed by atoms with van der Waals surface area (Å²) in [5.74, 6) is -2.43. The molecule has 10 nitrogen and oxygen atoms in total. The van der Waals surface area contributed by atoms with Crippen LogP contribution in [0.3, 0.4) is 0 Å². The number of hydrogen-bond donors (Lipinski definition) is 4. The van der Waals surface area contributed by atoms with Crippen molar-refractivity contribution in [3.63, 3.8) is 0 Å². The molecule has 33 heavy (non-hydrogen) atoms. The number of carboxylic acid groups (broad SMARTS) is 1. The van der Waals surface area contributed by atoms with Gasteiger partial charge in [0, 0.05) is 31.3 Å². The lowest BCUT2D eigenvalue weighted by molar-refractivity contribution is -0.143. The Morgan fingerprint density at radius 3 is 2.58 bits per heavy atom. The number of aliphatic carboxylic acids is 1. The van der Waals surface area contributed by atoms with Crippen LogP contribution in [0.15, 0.2) is 24.5 Å². The molecule has 0 bridgehead atoms. The van der Waals surface area contributed by atoms with Crippen LogP contribution in [0.5, 0.6) is 0 Å². The normalized spacial score (nSPS) is 20.5. The van der Waals surface area contributed by atoms with Crippen LogP contribution in [0.25, 0.3) is 0 Å². The van der Waals surface area contributed by atoms with Crippen molar-refractivity contribution in [2.45, 2.75) is 70.1 Å². The number of ether oxygens (including phenoxy) is 1. The average molecular weight is 461 g/mol. The lowest BCUT2D eigenvalue weighted by Crippen LogP contribution is -2.53. The molecule has 0 spiro atoms. The van der Waals surface area contributed by atoms with Crippen molar-refractivity contribution in [1.29, 1.82) is 0 Å². The van der Waals surface area contributed by atoms with Crippen LogP contribution < -0.4 is 16.0 Å². The third-order valence-electron chi connectivity index (χ3n) is 5.98. The van der Waals surface area contributed by atoms with E-state index < -0.39 is 41.6 Å². The second-order valence-electron chi connectivity index (χ2n) is 9.35. The van der Waals surface area contributed by atoms with Gasteiger partial charge in [-0.15, -0.1) is 0 Å². The molecule has 1 aliphatic carbocycles. The Balaban J connectivity index is 1.59. The summed E-state index contributed by atoms with van der Waals surface area (Å²) >= 11 is 0. The number of rotatable bonds is 11. The number of carbonyl (C=O) groups excluding carboxylic acids is 3. The molecular weight excluding hydrogens is 428 g/mol. The SMILES string of the molecule is CC(C)CC(NC(=O)OC1(Cc2cccnc2)CC1)C(=O)NC(C[C@@H]1CCNC1=O)C(=O)O. The van der Waals surface area contributed by atoms with E-state index in [1.807, 2.05) is 26.0 Å². The van der Waals surface area contributed by atoms with Gasteiger partial charge in [0.25, 0.3) is 0 Å². The minimum Gasteiger partial charge on any atom is -0.480 e. The molecule has 1 aromatic heterocycles. The largest absolute Gasteiger partial charge is 0.480 e. The summed E-state index contributed by atoms with van der Waals surface area (Å²) in [4.78, 5) is 53.1. The molecular formula is C23H32N4O6. The van der Waals surface area contributed by atoms with Gasteiger partial charge >= 0.3 is 12.1 Å². The van der Waals surface area contributed by atoms with E-state index in [0.717, 1.165) is 18.4 Å². The van der Waals surface area contributed by atoms with Gasteiger partial charge in [-0.1, -0.05) is 19.9 Å². The lowest BCUT2D eigenvalue weighted by Gasteiger charge is -2.24. The summed E-state index contributed by atoms with van der Waals surface area (Å²) < 4.78 is 5.66. The maximum Gasteiger partial charge on any atom is 0.408 e. The van der Waals surface area contributed by atoms with Gasteiger partial charge < -0.3 is 25.8 Å². The summed E-state index contributed by atoms with van der Waals surface area (Å²) in [6.45, 7) is 4.29. The number of amides is 3. The van der Waals surface area contributed by atoms with E-state index in [1.54, 1.807) is 12.4 Å². The number of pyridine rings is 1. The van der Waals surface area contributed by atoms with Crippen LogP contribution in [0.4, 0.5) is 4.79 Å². The Labute approximate surface area is 192 Å². The molecule has 1 aromatic rings. The van der Waals surface area contributed by atoms with Crippen molar-refractivity contribution in [1.82, 2.24) is 20.9 Å². The number of carboxylic acids is 1. The van der Waals surface area contributed by atoms with Gasteiger partial charge in [0.1, 0.15) is 17.7 Å². The highest BCUT2D eigenvalue weighted by atomic mass is 16.6. The first-order valence-corrected chi connectivity index (χ1v) is 11.4.